The Kier molecular flexibility index (Phi) is 5.47. The highest BCUT2D eigenvalue weighted by Crippen LogP contribution is 2.25. The molecule has 4 nitrogen and oxygen atoms in total. The van der Waals surface area contributed by atoms with Gasteiger partial charge in [-0.15, -0.1) is 13.2 Å². The van der Waals surface area contributed by atoms with Crippen LogP contribution in [0.4, 0.5) is 18.9 Å². The van der Waals surface area contributed by atoms with Gasteiger partial charge in [0.05, 0.1) is 0 Å². The second kappa shape index (κ2) is 7.23. The van der Waals surface area contributed by atoms with Crippen molar-refractivity contribution < 1.29 is 27.4 Å². The van der Waals surface area contributed by atoms with Crippen LogP contribution in [-0.2, 0) is 4.79 Å². The van der Waals surface area contributed by atoms with Gasteiger partial charge in [0, 0.05) is 10.7 Å². The lowest BCUT2D eigenvalue weighted by atomic mass is 10.1. The van der Waals surface area contributed by atoms with Gasteiger partial charge in [-0.1, -0.05) is 11.6 Å². The number of carbonyl (C=O) groups excluding carboxylic acids is 1. The molecule has 0 aliphatic carbocycles. The van der Waals surface area contributed by atoms with Crippen molar-refractivity contribution in [2.75, 3.05) is 5.32 Å². The standard InChI is InChI=1S/C17H15ClF3NO3/c1-16(2,24-13-7-3-11(18)4-8-13)15(23)22-12-5-9-14(10-6-12)25-17(19,20)21/h3-10H,1-2H3,(H,22,23). The largest absolute Gasteiger partial charge is 0.573 e. The number of rotatable bonds is 5. The summed E-state index contributed by atoms with van der Waals surface area (Å²) >= 11 is 5.79. The number of amides is 1. The minimum atomic E-state index is -4.76. The lowest BCUT2D eigenvalue weighted by molar-refractivity contribution is -0.274. The van der Waals surface area contributed by atoms with Crippen LogP contribution in [0.5, 0.6) is 11.5 Å². The van der Waals surface area contributed by atoms with E-state index in [1.165, 1.54) is 12.1 Å². The van der Waals surface area contributed by atoms with Crippen LogP contribution in [-0.4, -0.2) is 17.9 Å². The van der Waals surface area contributed by atoms with Crippen molar-refractivity contribution in [3.63, 3.8) is 0 Å². The number of ether oxygens (including phenoxy) is 2. The number of nitrogens with one attached hydrogen (secondary N) is 1. The number of benzene rings is 2. The fourth-order valence-electron chi connectivity index (χ4n) is 1.87. The van der Waals surface area contributed by atoms with E-state index in [9.17, 15) is 18.0 Å². The molecular formula is C17H15ClF3NO3. The molecule has 2 rings (SSSR count). The summed E-state index contributed by atoms with van der Waals surface area (Å²) in [7, 11) is 0. The van der Waals surface area contributed by atoms with Gasteiger partial charge in [0.15, 0.2) is 5.60 Å². The van der Waals surface area contributed by atoms with E-state index < -0.39 is 17.9 Å². The van der Waals surface area contributed by atoms with Gasteiger partial charge in [-0.3, -0.25) is 4.79 Å². The van der Waals surface area contributed by atoms with Gasteiger partial charge in [0.2, 0.25) is 0 Å². The molecule has 2 aromatic rings. The molecule has 0 atom stereocenters. The summed E-state index contributed by atoms with van der Waals surface area (Å²) in [5.74, 6) is -0.382. The van der Waals surface area contributed by atoms with E-state index in [0.717, 1.165) is 12.1 Å². The molecule has 8 heteroatoms. The van der Waals surface area contributed by atoms with E-state index in [1.807, 2.05) is 0 Å². The van der Waals surface area contributed by atoms with Crippen molar-refractivity contribution in [1.82, 2.24) is 0 Å². The van der Waals surface area contributed by atoms with Gasteiger partial charge in [-0.05, 0) is 62.4 Å². The second-order valence-corrected chi connectivity index (χ2v) is 6.03. The molecule has 0 aliphatic heterocycles. The van der Waals surface area contributed by atoms with Gasteiger partial charge in [0.25, 0.3) is 5.91 Å². The highest BCUT2D eigenvalue weighted by atomic mass is 35.5. The lowest BCUT2D eigenvalue weighted by Gasteiger charge is -2.25. The van der Waals surface area contributed by atoms with Crippen molar-refractivity contribution in [2.24, 2.45) is 0 Å². The summed E-state index contributed by atoms with van der Waals surface area (Å²) < 4.78 is 45.8. The van der Waals surface area contributed by atoms with E-state index in [0.29, 0.717) is 16.5 Å². The Morgan fingerprint density at radius 1 is 0.920 bits per heavy atom. The second-order valence-electron chi connectivity index (χ2n) is 5.59. The Balaban J connectivity index is 2.01. The molecule has 0 heterocycles. The highest BCUT2D eigenvalue weighted by molar-refractivity contribution is 6.30. The average molecular weight is 374 g/mol. The van der Waals surface area contributed by atoms with E-state index in [-0.39, 0.29) is 5.75 Å². The number of hydrogen-bond acceptors (Lipinski definition) is 3. The maximum atomic E-state index is 12.3. The van der Waals surface area contributed by atoms with Gasteiger partial charge < -0.3 is 14.8 Å². The van der Waals surface area contributed by atoms with Crippen LogP contribution >= 0.6 is 11.6 Å². The first kappa shape index (κ1) is 18.9. The van der Waals surface area contributed by atoms with Crippen molar-refractivity contribution in [3.05, 3.63) is 53.6 Å². The minimum Gasteiger partial charge on any atom is -0.478 e. The van der Waals surface area contributed by atoms with Crippen LogP contribution in [0.2, 0.25) is 5.02 Å². The van der Waals surface area contributed by atoms with Gasteiger partial charge >= 0.3 is 6.36 Å². The molecule has 1 amide bonds. The van der Waals surface area contributed by atoms with Gasteiger partial charge in [0.1, 0.15) is 11.5 Å². The fraction of sp³-hybridized carbons (Fsp3) is 0.235. The number of anilines is 1. The zero-order chi connectivity index (χ0) is 18.7. The summed E-state index contributed by atoms with van der Waals surface area (Å²) in [4.78, 5) is 12.3. The van der Waals surface area contributed by atoms with Crippen LogP contribution < -0.4 is 14.8 Å². The van der Waals surface area contributed by atoms with E-state index in [1.54, 1.807) is 38.1 Å². The molecule has 0 aliphatic rings. The lowest BCUT2D eigenvalue weighted by Crippen LogP contribution is -2.42. The molecule has 0 radical (unpaired) electrons. The molecule has 0 unspecified atom stereocenters. The molecule has 2 aromatic carbocycles. The third-order valence-corrected chi connectivity index (χ3v) is 3.33. The van der Waals surface area contributed by atoms with Gasteiger partial charge in [-0.25, -0.2) is 0 Å². The molecule has 0 bridgehead atoms. The Morgan fingerprint density at radius 3 is 1.92 bits per heavy atom. The molecule has 0 saturated carbocycles. The quantitative estimate of drug-likeness (QED) is 0.799. The van der Waals surface area contributed by atoms with Crippen molar-refractivity contribution in [2.45, 2.75) is 25.8 Å². The van der Waals surface area contributed by atoms with Crippen LogP contribution in [0.25, 0.3) is 0 Å². The first-order valence-electron chi connectivity index (χ1n) is 7.17. The predicted molar refractivity (Wildman–Crippen MR) is 87.9 cm³/mol. The Morgan fingerprint density at radius 2 is 1.40 bits per heavy atom. The topological polar surface area (TPSA) is 47.6 Å². The Labute approximate surface area is 147 Å². The summed E-state index contributed by atoms with van der Waals surface area (Å²) in [6.45, 7) is 3.14. The fourth-order valence-corrected chi connectivity index (χ4v) is 1.99. The van der Waals surface area contributed by atoms with Crippen molar-refractivity contribution in [1.29, 1.82) is 0 Å². The summed E-state index contributed by atoms with van der Waals surface area (Å²) in [6.07, 6.45) is -4.76. The maximum Gasteiger partial charge on any atom is 0.573 e. The molecule has 0 aromatic heterocycles. The van der Waals surface area contributed by atoms with Crippen LogP contribution in [0.15, 0.2) is 48.5 Å². The third kappa shape index (κ3) is 5.86. The zero-order valence-electron chi connectivity index (χ0n) is 13.4. The number of halogens is 4. The van der Waals surface area contributed by atoms with E-state index >= 15 is 0 Å². The Bertz CT molecular complexity index is 728. The van der Waals surface area contributed by atoms with Crippen LogP contribution in [0.3, 0.4) is 0 Å². The molecule has 0 saturated heterocycles. The molecule has 25 heavy (non-hydrogen) atoms. The molecule has 134 valence electrons. The molecule has 0 fully saturated rings. The maximum absolute atomic E-state index is 12.3. The number of alkyl halides is 3. The molecular weight excluding hydrogens is 359 g/mol. The van der Waals surface area contributed by atoms with Crippen LogP contribution in [0, 0.1) is 0 Å². The van der Waals surface area contributed by atoms with E-state index in [4.69, 9.17) is 16.3 Å². The average Bonchev–Trinajstić information content (AvgIpc) is 2.50. The normalized spacial score (nSPS) is 11.8. The molecule has 0 spiro atoms. The van der Waals surface area contributed by atoms with Crippen molar-refractivity contribution >= 4 is 23.2 Å². The number of carbonyl (C=O) groups is 1. The summed E-state index contributed by atoms with van der Waals surface area (Å²) in [6, 6.07) is 11.3. The van der Waals surface area contributed by atoms with Crippen molar-refractivity contribution in [3.8, 4) is 11.5 Å². The first-order chi connectivity index (χ1) is 11.5. The monoisotopic (exact) mass is 373 g/mol. The Hall–Kier alpha value is -2.41. The third-order valence-electron chi connectivity index (χ3n) is 3.08. The first-order valence-corrected chi connectivity index (χ1v) is 7.55. The minimum absolute atomic E-state index is 0.312. The smallest absolute Gasteiger partial charge is 0.478 e. The number of hydrogen-bond donors (Lipinski definition) is 1. The zero-order valence-corrected chi connectivity index (χ0v) is 14.1. The van der Waals surface area contributed by atoms with Crippen LogP contribution in [0.1, 0.15) is 13.8 Å². The molecule has 1 N–H and O–H groups in total. The SMILES string of the molecule is CC(C)(Oc1ccc(Cl)cc1)C(=O)Nc1ccc(OC(F)(F)F)cc1. The predicted octanol–water partition coefficient (Wildman–Crippen LogP) is 5.03. The summed E-state index contributed by atoms with van der Waals surface area (Å²) in [5.41, 5.74) is -0.901. The highest BCUT2D eigenvalue weighted by Gasteiger charge is 2.32. The van der Waals surface area contributed by atoms with Gasteiger partial charge in [-0.2, -0.15) is 0 Å². The van der Waals surface area contributed by atoms with E-state index in [2.05, 4.69) is 10.1 Å². The summed E-state index contributed by atoms with van der Waals surface area (Å²) in [5, 5.41) is 3.11.